The van der Waals surface area contributed by atoms with Crippen LogP contribution in [0.2, 0.25) is 0 Å². The van der Waals surface area contributed by atoms with Gasteiger partial charge in [0.15, 0.2) is 5.78 Å². The number of rotatable bonds is 4. The van der Waals surface area contributed by atoms with Gasteiger partial charge in [-0.3, -0.25) is 4.79 Å². The quantitative estimate of drug-likeness (QED) is 0.861. The molecule has 0 unspecified atom stereocenters. The van der Waals surface area contributed by atoms with E-state index in [9.17, 15) is 9.18 Å². The van der Waals surface area contributed by atoms with Crippen molar-refractivity contribution in [3.05, 3.63) is 34.1 Å². The summed E-state index contributed by atoms with van der Waals surface area (Å²) in [5.74, 6) is 0.0891. The highest BCUT2D eigenvalue weighted by Gasteiger charge is 2.17. The first-order chi connectivity index (χ1) is 8.66. The molecule has 4 heteroatoms. The molecule has 1 aliphatic rings. The van der Waals surface area contributed by atoms with Crippen LogP contribution in [0.3, 0.4) is 0 Å². The molecule has 0 radical (unpaired) electrons. The van der Waals surface area contributed by atoms with Crippen LogP contribution in [-0.4, -0.2) is 18.9 Å². The Morgan fingerprint density at radius 2 is 2.11 bits per heavy atom. The first-order valence-electron chi connectivity index (χ1n) is 6.36. The minimum atomic E-state index is -0.423. The Balaban J connectivity index is 1.92. The molecule has 18 heavy (non-hydrogen) atoms. The van der Waals surface area contributed by atoms with Gasteiger partial charge in [0.1, 0.15) is 5.82 Å². The second-order valence-corrected chi connectivity index (χ2v) is 5.70. The normalized spacial score (nSPS) is 16.8. The number of benzene rings is 1. The molecular formula is C14H17BrFNO. The molecule has 2 rings (SSSR count). The van der Waals surface area contributed by atoms with Crippen molar-refractivity contribution >= 4 is 21.7 Å². The maximum atomic E-state index is 13.5. The van der Waals surface area contributed by atoms with Crippen molar-refractivity contribution in [2.45, 2.75) is 25.7 Å². The SMILES string of the molecule is O=C(CCC1CCNCC1)c1cc(Br)ccc1F. The molecule has 0 aliphatic carbocycles. The molecule has 0 aromatic heterocycles. The third-order valence-corrected chi connectivity index (χ3v) is 3.96. The number of hydrogen-bond acceptors (Lipinski definition) is 2. The number of hydrogen-bond donors (Lipinski definition) is 1. The van der Waals surface area contributed by atoms with Crippen LogP contribution in [0, 0.1) is 11.7 Å². The number of ketones is 1. The standard InChI is InChI=1S/C14H17BrFNO/c15-11-2-3-13(16)12(9-11)14(18)4-1-10-5-7-17-8-6-10/h2-3,9-10,17H,1,4-8H2. The lowest BCUT2D eigenvalue weighted by molar-refractivity contribution is 0.0967. The van der Waals surface area contributed by atoms with Gasteiger partial charge < -0.3 is 5.32 Å². The van der Waals surface area contributed by atoms with E-state index in [-0.39, 0.29) is 11.3 Å². The van der Waals surface area contributed by atoms with Gasteiger partial charge in [0, 0.05) is 10.9 Å². The van der Waals surface area contributed by atoms with E-state index in [1.165, 1.54) is 6.07 Å². The van der Waals surface area contributed by atoms with E-state index in [2.05, 4.69) is 21.2 Å². The van der Waals surface area contributed by atoms with Crippen LogP contribution < -0.4 is 5.32 Å². The largest absolute Gasteiger partial charge is 0.317 e. The van der Waals surface area contributed by atoms with Crippen molar-refractivity contribution in [3.63, 3.8) is 0 Å². The molecule has 1 saturated heterocycles. The van der Waals surface area contributed by atoms with Gasteiger partial charge in [-0.05, 0) is 56.5 Å². The van der Waals surface area contributed by atoms with Gasteiger partial charge in [-0.1, -0.05) is 15.9 Å². The summed E-state index contributed by atoms with van der Waals surface area (Å²) in [6.45, 7) is 2.06. The third-order valence-electron chi connectivity index (χ3n) is 3.47. The predicted octanol–water partition coefficient (Wildman–Crippen LogP) is 3.55. The van der Waals surface area contributed by atoms with Gasteiger partial charge in [-0.15, -0.1) is 0 Å². The van der Waals surface area contributed by atoms with Gasteiger partial charge in [-0.25, -0.2) is 4.39 Å². The van der Waals surface area contributed by atoms with E-state index in [1.54, 1.807) is 12.1 Å². The molecule has 1 N–H and O–H groups in total. The van der Waals surface area contributed by atoms with E-state index < -0.39 is 5.82 Å². The van der Waals surface area contributed by atoms with Gasteiger partial charge in [0.25, 0.3) is 0 Å². The molecule has 1 fully saturated rings. The number of Topliss-reactive ketones (excluding diaryl/α,β-unsaturated/α-hetero) is 1. The van der Waals surface area contributed by atoms with Crippen molar-refractivity contribution in [3.8, 4) is 0 Å². The molecule has 98 valence electrons. The van der Waals surface area contributed by atoms with Crippen LogP contribution in [-0.2, 0) is 0 Å². The Labute approximate surface area is 115 Å². The Hall–Kier alpha value is -0.740. The van der Waals surface area contributed by atoms with Crippen LogP contribution in [0.15, 0.2) is 22.7 Å². The number of nitrogens with one attached hydrogen (secondary N) is 1. The molecule has 0 saturated carbocycles. The summed E-state index contributed by atoms with van der Waals surface area (Å²) in [5, 5.41) is 3.30. The summed E-state index contributed by atoms with van der Waals surface area (Å²) >= 11 is 3.27. The van der Waals surface area contributed by atoms with Crippen LogP contribution >= 0.6 is 15.9 Å². The van der Waals surface area contributed by atoms with Gasteiger partial charge in [0.2, 0.25) is 0 Å². The molecule has 1 aromatic carbocycles. The first-order valence-corrected chi connectivity index (χ1v) is 7.15. The molecule has 1 heterocycles. The Bertz CT molecular complexity index is 430. The summed E-state index contributed by atoms with van der Waals surface area (Å²) in [6.07, 6.45) is 3.55. The van der Waals surface area contributed by atoms with E-state index in [1.807, 2.05) is 0 Å². The molecule has 0 atom stereocenters. The van der Waals surface area contributed by atoms with E-state index in [4.69, 9.17) is 0 Å². The maximum absolute atomic E-state index is 13.5. The number of carbonyl (C=O) groups is 1. The predicted molar refractivity (Wildman–Crippen MR) is 73.3 cm³/mol. The Morgan fingerprint density at radius 3 is 2.83 bits per heavy atom. The zero-order valence-electron chi connectivity index (χ0n) is 10.2. The van der Waals surface area contributed by atoms with E-state index >= 15 is 0 Å². The lowest BCUT2D eigenvalue weighted by Crippen LogP contribution is -2.28. The number of carbonyl (C=O) groups excluding carboxylic acids is 1. The molecule has 1 aromatic rings. The highest BCUT2D eigenvalue weighted by Crippen LogP contribution is 2.21. The van der Waals surface area contributed by atoms with E-state index in [0.717, 1.165) is 36.8 Å². The molecule has 0 amide bonds. The monoisotopic (exact) mass is 313 g/mol. The smallest absolute Gasteiger partial charge is 0.165 e. The van der Waals surface area contributed by atoms with Crippen LogP contribution in [0.1, 0.15) is 36.0 Å². The van der Waals surface area contributed by atoms with Crippen molar-refractivity contribution < 1.29 is 9.18 Å². The zero-order valence-corrected chi connectivity index (χ0v) is 11.8. The number of piperidine rings is 1. The first kappa shape index (κ1) is 13.7. The fourth-order valence-electron chi connectivity index (χ4n) is 2.35. The minimum Gasteiger partial charge on any atom is -0.317 e. The molecule has 2 nitrogen and oxygen atoms in total. The van der Waals surface area contributed by atoms with Crippen molar-refractivity contribution in [1.82, 2.24) is 5.32 Å². The molecular weight excluding hydrogens is 297 g/mol. The van der Waals surface area contributed by atoms with Crippen molar-refractivity contribution in [1.29, 1.82) is 0 Å². The fraction of sp³-hybridized carbons (Fsp3) is 0.500. The molecule has 0 spiro atoms. The highest BCUT2D eigenvalue weighted by molar-refractivity contribution is 9.10. The van der Waals surface area contributed by atoms with Gasteiger partial charge in [0.05, 0.1) is 5.56 Å². The highest BCUT2D eigenvalue weighted by atomic mass is 79.9. The second-order valence-electron chi connectivity index (χ2n) is 4.78. The van der Waals surface area contributed by atoms with Crippen molar-refractivity contribution in [2.75, 3.05) is 13.1 Å². The average molecular weight is 314 g/mol. The minimum absolute atomic E-state index is 0.0904. The maximum Gasteiger partial charge on any atom is 0.165 e. The summed E-state index contributed by atoms with van der Waals surface area (Å²) in [7, 11) is 0. The van der Waals surface area contributed by atoms with Crippen LogP contribution in [0.25, 0.3) is 0 Å². The lowest BCUT2D eigenvalue weighted by Gasteiger charge is -2.22. The van der Waals surface area contributed by atoms with Gasteiger partial charge in [-0.2, -0.15) is 0 Å². The summed E-state index contributed by atoms with van der Waals surface area (Å²) in [5.41, 5.74) is 0.207. The lowest BCUT2D eigenvalue weighted by atomic mass is 9.91. The van der Waals surface area contributed by atoms with Crippen LogP contribution in [0.4, 0.5) is 4.39 Å². The second kappa shape index (κ2) is 6.43. The zero-order chi connectivity index (χ0) is 13.0. The summed E-state index contributed by atoms with van der Waals surface area (Å²) in [6, 6.07) is 4.51. The van der Waals surface area contributed by atoms with Crippen LogP contribution in [0.5, 0.6) is 0 Å². The Morgan fingerprint density at radius 1 is 1.39 bits per heavy atom. The van der Waals surface area contributed by atoms with Crippen molar-refractivity contribution in [2.24, 2.45) is 5.92 Å². The average Bonchev–Trinajstić information content (AvgIpc) is 2.40. The third kappa shape index (κ3) is 3.62. The summed E-state index contributed by atoms with van der Waals surface area (Å²) in [4.78, 5) is 12.0. The van der Waals surface area contributed by atoms with E-state index in [0.29, 0.717) is 12.3 Å². The number of halogens is 2. The Kier molecular flexibility index (Phi) is 4.89. The topological polar surface area (TPSA) is 29.1 Å². The van der Waals surface area contributed by atoms with Gasteiger partial charge >= 0.3 is 0 Å². The fourth-order valence-corrected chi connectivity index (χ4v) is 2.71. The molecule has 1 aliphatic heterocycles. The molecule has 0 bridgehead atoms. The summed E-state index contributed by atoms with van der Waals surface area (Å²) < 4.78 is 14.3.